The molecule has 0 aromatic heterocycles. The zero-order valence-corrected chi connectivity index (χ0v) is 11.7. The number of nitrogens with zero attached hydrogens (tertiary/aromatic N) is 1. The standard InChI is InChI=1S/C13H25N3O3/c1-2-9-19-10-6-11(17)15-13(12(14)16-18)7-4-3-5-8-13/h18H,2-10H2,1H3,(H2,14,16)(H,15,17). The van der Waals surface area contributed by atoms with Crippen molar-refractivity contribution in [3.63, 3.8) is 0 Å². The van der Waals surface area contributed by atoms with Crippen LogP contribution in [-0.2, 0) is 9.53 Å². The maximum Gasteiger partial charge on any atom is 0.223 e. The predicted octanol–water partition coefficient (Wildman–Crippen LogP) is 1.37. The number of nitrogens with two attached hydrogens (primary N) is 1. The van der Waals surface area contributed by atoms with Crippen LogP contribution in [0.1, 0.15) is 51.9 Å². The number of carbonyl (C=O) groups is 1. The van der Waals surface area contributed by atoms with Gasteiger partial charge < -0.3 is 21.0 Å². The van der Waals surface area contributed by atoms with Gasteiger partial charge in [-0.25, -0.2) is 0 Å². The van der Waals surface area contributed by atoms with E-state index in [1.807, 2.05) is 6.92 Å². The monoisotopic (exact) mass is 271 g/mol. The molecule has 0 aromatic rings. The number of carbonyl (C=O) groups excluding carboxylic acids is 1. The van der Waals surface area contributed by atoms with Gasteiger partial charge in [-0.05, 0) is 19.3 Å². The van der Waals surface area contributed by atoms with Crippen molar-refractivity contribution in [1.29, 1.82) is 0 Å². The van der Waals surface area contributed by atoms with E-state index in [1.165, 1.54) is 0 Å². The highest BCUT2D eigenvalue weighted by atomic mass is 16.5. The lowest BCUT2D eigenvalue weighted by atomic mass is 9.80. The van der Waals surface area contributed by atoms with Crippen LogP contribution in [0.25, 0.3) is 0 Å². The molecule has 0 heterocycles. The second-order valence-electron chi connectivity index (χ2n) is 5.04. The fourth-order valence-corrected chi connectivity index (χ4v) is 2.44. The molecule has 0 atom stereocenters. The molecule has 6 heteroatoms. The molecule has 0 unspecified atom stereocenters. The van der Waals surface area contributed by atoms with Crippen molar-refractivity contribution in [2.75, 3.05) is 13.2 Å². The minimum Gasteiger partial charge on any atom is -0.409 e. The number of nitrogens with one attached hydrogen (secondary N) is 1. The predicted molar refractivity (Wildman–Crippen MR) is 73.1 cm³/mol. The van der Waals surface area contributed by atoms with Crippen LogP contribution in [0.4, 0.5) is 0 Å². The van der Waals surface area contributed by atoms with Crippen LogP contribution in [-0.4, -0.2) is 35.7 Å². The Morgan fingerprint density at radius 3 is 2.63 bits per heavy atom. The second kappa shape index (κ2) is 7.99. The summed E-state index contributed by atoms with van der Waals surface area (Å²) in [6.07, 6.45) is 5.77. The third-order valence-corrected chi connectivity index (χ3v) is 3.51. The molecule has 19 heavy (non-hydrogen) atoms. The smallest absolute Gasteiger partial charge is 0.223 e. The first-order valence-corrected chi connectivity index (χ1v) is 7.01. The number of ether oxygens (including phenoxy) is 1. The van der Waals surface area contributed by atoms with E-state index in [-0.39, 0.29) is 11.7 Å². The molecule has 1 amide bonds. The molecule has 0 bridgehead atoms. The van der Waals surface area contributed by atoms with Crippen molar-refractivity contribution < 1.29 is 14.7 Å². The van der Waals surface area contributed by atoms with Gasteiger partial charge in [-0.15, -0.1) is 0 Å². The average molecular weight is 271 g/mol. The van der Waals surface area contributed by atoms with E-state index in [9.17, 15) is 4.79 Å². The number of hydrogen-bond donors (Lipinski definition) is 3. The van der Waals surface area contributed by atoms with Crippen LogP contribution < -0.4 is 11.1 Å². The summed E-state index contributed by atoms with van der Waals surface area (Å²) in [6.45, 7) is 3.10. The molecular formula is C13H25N3O3. The van der Waals surface area contributed by atoms with Crippen LogP contribution in [0.15, 0.2) is 5.16 Å². The van der Waals surface area contributed by atoms with Crippen molar-refractivity contribution in [3.05, 3.63) is 0 Å². The quantitative estimate of drug-likeness (QED) is 0.214. The van der Waals surface area contributed by atoms with E-state index in [4.69, 9.17) is 15.7 Å². The third kappa shape index (κ3) is 4.70. The van der Waals surface area contributed by atoms with E-state index in [1.54, 1.807) is 0 Å². The molecule has 0 radical (unpaired) electrons. The number of hydrogen-bond acceptors (Lipinski definition) is 4. The highest BCUT2D eigenvalue weighted by Crippen LogP contribution is 2.28. The van der Waals surface area contributed by atoms with E-state index >= 15 is 0 Å². The van der Waals surface area contributed by atoms with Crippen LogP contribution in [0.5, 0.6) is 0 Å². The van der Waals surface area contributed by atoms with E-state index < -0.39 is 5.54 Å². The normalized spacial score (nSPS) is 19.1. The van der Waals surface area contributed by atoms with Gasteiger partial charge in [0.1, 0.15) is 5.54 Å². The van der Waals surface area contributed by atoms with Crippen LogP contribution in [0, 0.1) is 0 Å². The molecule has 0 spiro atoms. The van der Waals surface area contributed by atoms with Crippen LogP contribution >= 0.6 is 0 Å². The first kappa shape index (κ1) is 15.8. The lowest BCUT2D eigenvalue weighted by molar-refractivity contribution is -0.123. The van der Waals surface area contributed by atoms with Gasteiger partial charge >= 0.3 is 0 Å². The molecule has 1 aliphatic rings. The number of rotatable bonds is 7. The summed E-state index contributed by atoms with van der Waals surface area (Å²) in [5.41, 5.74) is 5.09. The first-order valence-electron chi connectivity index (χ1n) is 7.01. The Hall–Kier alpha value is -1.30. The lowest BCUT2D eigenvalue weighted by Crippen LogP contribution is -2.58. The highest BCUT2D eigenvalue weighted by Gasteiger charge is 2.37. The first-order chi connectivity index (χ1) is 9.14. The van der Waals surface area contributed by atoms with E-state index in [0.717, 1.165) is 38.5 Å². The van der Waals surface area contributed by atoms with Gasteiger partial charge in [-0.1, -0.05) is 31.3 Å². The van der Waals surface area contributed by atoms with Gasteiger partial charge in [-0.2, -0.15) is 0 Å². The van der Waals surface area contributed by atoms with Crippen molar-refractivity contribution in [2.45, 2.75) is 57.4 Å². The molecule has 6 nitrogen and oxygen atoms in total. The number of amidine groups is 1. The van der Waals surface area contributed by atoms with Crippen LogP contribution in [0.3, 0.4) is 0 Å². The SMILES string of the molecule is CCCOCCC(=O)NC1(C(N)=NO)CCCCC1. The molecule has 0 aromatic carbocycles. The zero-order chi connectivity index (χ0) is 14.1. The minimum atomic E-state index is -0.672. The molecule has 0 saturated heterocycles. The van der Waals surface area contributed by atoms with Crippen molar-refractivity contribution in [1.82, 2.24) is 5.32 Å². The van der Waals surface area contributed by atoms with Crippen molar-refractivity contribution >= 4 is 11.7 Å². The molecule has 1 saturated carbocycles. The van der Waals surface area contributed by atoms with Crippen LogP contribution in [0.2, 0.25) is 0 Å². The Bertz CT molecular complexity index is 312. The molecule has 1 aliphatic carbocycles. The van der Waals surface area contributed by atoms with Crippen molar-refractivity contribution in [2.24, 2.45) is 10.9 Å². The molecule has 110 valence electrons. The largest absolute Gasteiger partial charge is 0.409 e. The number of amides is 1. The molecule has 4 N–H and O–H groups in total. The number of oxime groups is 1. The molecule has 1 fully saturated rings. The fraction of sp³-hybridized carbons (Fsp3) is 0.846. The maximum absolute atomic E-state index is 11.9. The average Bonchev–Trinajstić information content (AvgIpc) is 2.43. The summed E-state index contributed by atoms with van der Waals surface area (Å²) < 4.78 is 5.29. The Morgan fingerprint density at radius 2 is 2.05 bits per heavy atom. The maximum atomic E-state index is 11.9. The highest BCUT2D eigenvalue weighted by molar-refractivity contribution is 5.94. The molecule has 0 aliphatic heterocycles. The van der Waals surface area contributed by atoms with Gasteiger partial charge in [0.05, 0.1) is 6.61 Å². The van der Waals surface area contributed by atoms with E-state index in [2.05, 4.69) is 10.5 Å². The summed E-state index contributed by atoms with van der Waals surface area (Å²) >= 11 is 0. The Morgan fingerprint density at radius 1 is 1.37 bits per heavy atom. The Kier molecular flexibility index (Phi) is 6.62. The van der Waals surface area contributed by atoms with Gasteiger partial charge in [0.25, 0.3) is 0 Å². The van der Waals surface area contributed by atoms with Gasteiger partial charge in [0.2, 0.25) is 5.91 Å². The van der Waals surface area contributed by atoms with Gasteiger partial charge in [0, 0.05) is 13.0 Å². The Balaban J connectivity index is 2.50. The van der Waals surface area contributed by atoms with Gasteiger partial charge in [-0.3, -0.25) is 4.79 Å². The third-order valence-electron chi connectivity index (χ3n) is 3.51. The second-order valence-corrected chi connectivity index (χ2v) is 5.04. The van der Waals surface area contributed by atoms with Crippen molar-refractivity contribution in [3.8, 4) is 0 Å². The summed E-state index contributed by atoms with van der Waals surface area (Å²) in [5, 5.41) is 14.9. The van der Waals surface area contributed by atoms with E-state index in [0.29, 0.717) is 19.6 Å². The zero-order valence-electron chi connectivity index (χ0n) is 11.7. The lowest BCUT2D eigenvalue weighted by Gasteiger charge is -2.36. The summed E-state index contributed by atoms with van der Waals surface area (Å²) in [7, 11) is 0. The molecular weight excluding hydrogens is 246 g/mol. The summed E-state index contributed by atoms with van der Waals surface area (Å²) in [6, 6.07) is 0. The summed E-state index contributed by atoms with van der Waals surface area (Å²) in [5.74, 6) is -0.000343. The Labute approximate surface area is 114 Å². The summed E-state index contributed by atoms with van der Waals surface area (Å²) in [4.78, 5) is 11.9. The fourth-order valence-electron chi connectivity index (χ4n) is 2.44. The topological polar surface area (TPSA) is 96.9 Å². The van der Waals surface area contributed by atoms with Gasteiger partial charge in [0.15, 0.2) is 5.84 Å². The minimum absolute atomic E-state index is 0.107. The molecule has 1 rings (SSSR count).